The molecule has 152 valence electrons. The molecule has 1 aliphatic carbocycles. The molecule has 1 amide bonds. The Kier molecular flexibility index (Phi) is 8.77. The molecule has 6 heteroatoms. The summed E-state index contributed by atoms with van der Waals surface area (Å²) >= 11 is 0. The highest BCUT2D eigenvalue weighted by Crippen LogP contribution is 2.27. The maximum atomic E-state index is 12.5. The van der Waals surface area contributed by atoms with E-state index in [0.29, 0.717) is 31.0 Å². The number of carbonyl (C=O) groups excluding carboxylic acids is 1. The molecular weight excluding hydrogens is 360 g/mol. The van der Waals surface area contributed by atoms with Gasteiger partial charge in [-0.2, -0.15) is 4.31 Å². The molecule has 0 aromatic heterocycles. The van der Waals surface area contributed by atoms with Crippen LogP contribution in [0.5, 0.6) is 0 Å². The molecule has 0 unspecified atom stereocenters. The van der Waals surface area contributed by atoms with E-state index in [0.717, 1.165) is 24.3 Å². The molecule has 27 heavy (non-hydrogen) atoms. The van der Waals surface area contributed by atoms with E-state index in [1.165, 1.54) is 36.4 Å². The number of nitrogens with one attached hydrogen (secondary N) is 1. The van der Waals surface area contributed by atoms with Crippen molar-refractivity contribution in [2.45, 2.75) is 76.7 Å². The molecule has 1 N–H and O–H groups in total. The molecule has 1 saturated carbocycles. The molecule has 0 spiro atoms. The average Bonchev–Trinajstić information content (AvgIpc) is 2.68. The van der Waals surface area contributed by atoms with Gasteiger partial charge < -0.3 is 5.32 Å². The summed E-state index contributed by atoms with van der Waals surface area (Å²) in [4.78, 5) is 12.3. The van der Waals surface area contributed by atoms with Gasteiger partial charge in [-0.25, -0.2) is 8.42 Å². The van der Waals surface area contributed by atoms with Crippen LogP contribution in [0.3, 0.4) is 0 Å². The van der Waals surface area contributed by atoms with Crippen LogP contribution in [-0.4, -0.2) is 31.7 Å². The summed E-state index contributed by atoms with van der Waals surface area (Å²) in [5, 5.41) is 2.94. The van der Waals surface area contributed by atoms with Crippen LogP contribution in [-0.2, 0) is 21.4 Å². The van der Waals surface area contributed by atoms with Crippen molar-refractivity contribution in [1.82, 2.24) is 9.62 Å². The monoisotopic (exact) mass is 394 g/mol. The number of carbonyl (C=O) groups is 1. The largest absolute Gasteiger partial charge is 0.352 e. The van der Waals surface area contributed by atoms with Crippen molar-refractivity contribution in [3.05, 3.63) is 29.8 Å². The third-order valence-corrected chi connectivity index (χ3v) is 7.56. The third kappa shape index (κ3) is 6.61. The normalized spacial score (nSPS) is 15.8. The van der Waals surface area contributed by atoms with Crippen LogP contribution in [0.1, 0.15) is 70.8 Å². The Morgan fingerprint density at radius 1 is 1.07 bits per heavy atom. The van der Waals surface area contributed by atoms with Crippen molar-refractivity contribution in [2.75, 3.05) is 13.1 Å². The van der Waals surface area contributed by atoms with E-state index in [1.54, 1.807) is 24.3 Å². The van der Waals surface area contributed by atoms with Crippen LogP contribution in [0.15, 0.2) is 29.2 Å². The molecule has 0 radical (unpaired) electrons. The van der Waals surface area contributed by atoms with Gasteiger partial charge in [-0.05, 0) is 36.5 Å². The van der Waals surface area contributed by atoms with Crippen molar-refractivity contribution < 1.29 is 13.2 Å². The SMILES string of the molecule is CCN(CC)S(=O)(=O)c1ccc(CNC(=O)CCCC2CCCCC2)cc1. The van der Waals surface area contributed by atoms with Crippen molar-refractivity contribution in [1.29, 1.82) is 0 Å². The van der Waals surface area contributed by atoms with Gasteiger partial charge >= 0.3 is 0 Å². The number of nitrogens with zero attached hydrogens (tertiary/aromatic N) is 1. The molecule has 0 heterocycles. The Hall–Kier alpha value is -1.40. The maximum absolute atomic E-state index is 12.5. The summed E-state index contributed by atoms with van der Waals surface area (Å²) in [5.41, 5.74) is 0.911. The second-order valence-electron chi connectivity index (χ2n) is 7.41. The Balaban J connectivity index is 1.76. The lowest BCUT2D eigenvalue weighted by Gasteiger charge is -2.21. The Bertz CT molecular complexity index is 676. The lowest BCUT2D eigenvalue weighted by atomic mass is 9.86. The van der Waals surface area contributed by atoms with Gasteiger partial charge in [-0.15, -0.1) is 0 Å². The quantitative estimate of drug-likeness (QED) is 0.650. The molecule has 0 bridgehead atoms. The number of rotatable bonds is 10. The first-order valence-corrected chi connectivity index (χ1v) is 11.8. The predicted molar refractivity (Wildman–Crippen MR) is 109 cm³/mol. The first-order chi connectivity index (χ1) is 13.0. The van der Waals surface area contributed by atoms with Crippen LogP contribution in [0.4, 0.5) is 0 Å². The number of benzene rings is 1. The minimum Gasteiger partial charge on any atom is -0.352 e. The molecule has 0 aliphatic heterocycles. The molecule has 1 fully saturated rings. The van der Waals surface area contributed by atoms with Gasteiger partial charge in [0.15, 0.2) is 0 Å². The minimum atomic E-state index is -3.43. The Morgan fingerprint density at radius 3 is 2.30 bits per heavy atom. The van der Waals surface area contributed by atoms with Gasteiger partial charge in [0.25, 0.3) is 0 Å². The topological polar surface area (TPSA) is 66.5 Å². The molecule has 0 saturated heterocycles. The number of hydrogen-bond donors (Lipinski definition) is 1. The van der Waals surface area contributed by atoms with Gasteiger partial charge in [0.2, 0.25) is 15.9 Å². The average molecular weight is 395 g/mol. The first kappa shape index (κ1) is 21.9. The predicted octanol–water partition coefficient (Wildman–Crippen LogP) is 4.08. The van der Waals surface area contributed by atoms with E-state index in [1.807, 2.05) is 13.8 Å². The van der Waals surface area contributed by atoms with Gasteiger partial charge in [0.1, 0.15) is 0 Å². The summed E-state index contributed by atoms with van der Waals surface area (Å²) in [7, 11) is -3.43. The summed E-state index contributed by atoms with van der Waals surface area (Å²) in [6.07, 6.45) is 9.39. The molecule has 5 nitrogen and oxygen atoms in total. The van der Waals surface area contributed by atoms with Crippen molar-refractivity contribution in [3.63, 3.8) is 0 Å². The summed E-state index contributed by atoms with van der Waals surface area (Å²) in [6, 6.07) is 6.80. The highest BCUT2D eigenvalue weighted by Gasteiger charge is 2.21. The summed E-state index contributed by atoms with van der Waals surface area (Å²) in [5.74, 6) is 0.887. The fourth-order valence-corrected chi connectivity index (χ4v) is 5.27. The molecule has 1 aromatic carbocycles. The summed E-state index contributed by atoms with van der Waals surface area (Å²) < 4.78 is 26.4. The van der Waals surface area contributed by atoms with E-state index in [9.17, 15) is 13.2 Å². The molecule has 1 aromatic rings. The summed E-state index contributed by atoms with van der Waals surface area (Å²) in [6.45, 7) is 5.02. The maximum Gasteiger partial charge on any atom is 0.243 e. The lowest BCUT2D eigenvalue weighted by Crippen LogP contribution is -2.30. The standard InChI is InChI=1S/C21H34N2O3S/c1-3-23(4-2)27(25,26)20-15-13-19(14-16-20)17-22-21(24)12-8-11-18-9-6-5-7-10-18/h13-16,18H,3-12,17H2,1-2H3,(H,22,24). The Labute approximate surface area is 164 Å². The Morgan fingerprint density at radius 2 is 1.70 bits per heavy atom. The zero-order valence-corrected chi connectivity index (χ0v) is 17.6. The molecule has 0 atom stereocenters. The van der Waals surface area contributed by atoms with Crippen LogP contribution in [0.2, 0.25) is 0 Å². The fourth-order valence-electron chi connectivity index (χ4n) is 3.81. The van der Waals surface area contributed by atoms with Crippen LogP contribution in [0.25, 0.3) is 0 Å². The fraction of sp³-hybridized carbons (Fsp3) is 0.667. The van der Waals surface area contributed by atoms with E-state index in [4.69, 9.17) is 0 Å². The second-order valence-corrected chi connectivity index (χ2v) is 9.34. The van der Waals surface area contributed by atoms with Crippen LogP contribution < -0.4 is 5.32 Å². The van der Waals surface area contributed by atoms with Crippen LogP contribution in [0, 0.1) is 5.92 Å². The highest BCUT2D eigenvalue weighted by atomic mass is 32.2. The first-order valence-electron chi connectivity index (χ1n) is 10.3. The van der Waals surface area contributed by atoms with E-state index >= 15 is 0 Å². The van der Waals surface area contributed by atoms with E-state index in [2.05, 4.69) is 5.32 Å². The lowest BCUT2D eigenvalue weighted by molar-refractivity contribution is -0.121. The molecular formula is C21H34N2O3S. The van der Waals surface area contributed by atoms with E-state index < -0.39 is 10.0 Å². The number of amides is 1. The molecule has 1 aliphatic rings. The van der Waals surface area contributed by atoms with Crippen molar-refractivity contribution in [2.24, 2.45) is 5.92 Å². The van der Waals surface area contributed by atoms with Gasteiger partial charge in [0.05, 0.1) is 4.90 Å². The molecule has 2 rings (SSSR count). The minimum absolute atomic E-state index is 0.0747. The van der Waals surface area contributed by atoms with Gasteiger partial charge in [0, 0.05) is 26.1 Å². The van der Waals surface area contributed by atoms with Crippen molar-refractivity contribution in [3.8, 4) is 0 Å². The van der Waals surface area contributed by atoms with E-state index in [-0.39, 0.29) is 5.91 Å². The van der Waals surface area contributed by atoms with Gasteiger partial charge in [-0.3, -0.25) is 4.79 Å². The number of hydrogen-bond acceptors (Lipinski definition) is 3. The van der Waals surface area contributed by atoms with Crippen LogP contribution >= 0.6 is 0 Å². The third-order valence-electron chi connectivity index (χ3n) is 5.50. The zero-order valence-electron chi connectivity index (χ0n) is 16.7. The van der Waals surface area contributed by atoms with Crippen molar-refractivity contribution >= 4 is 15.9 Å². The number of sulfonamides is 1. The second kappa shape index (κ2) is 10.8. The highest BCUT2D eigenvalue weighted by molar-refractivity contribution is 7.89. The van der Waals surface area contributed by atoms with Gasteiger partial charge in [-0.1, -0.05) is 58.1 Å². The zero-order chi connectivity index (χ0) is 19.7. The smallest absolute Gasteiger partial charge is 0.243 e.